The molecule has 0 N–H and O–H groups in total. The molecule has 1 heterocycles. The molecular formula is C15H14BrNO. The van der Waals surface area contributed by atoms with Gasteiger partial charge < -0.3 is 4.90 Å². The topological polar surface area (TPSA) is 20.3 Å². The van der Waals surface area contributed by atoms with Gasteiger partial charge in [-0.25, -0.2) is 0 Å². The van der Waals surface area contributed by atoms with Crippen LogP contribution in [0.3, 0.4) is 0 Å². The van der Waals surface area contributed by atoms with E-state index in [1.165, 1.54) is 0 Å². The maximum atomic E-state index is 12.4. The van der Waals surface area contributed by atoms with Crippen molar-refractivity contribution in [1.29, 1.82) is 0 Å². The molecule has 3 heteroatoms. The number of nitrogens with zero attached hydrogens (tertiary/aromatic N) is 1. The number of amides is 1. The Morgan fingerprint density at radius 3 is 2.67 bits per heavy atom. The van der Waals surface area contributed by atoms with Crippen LogP contribution in [0.4, 0.5) is 0 Å². The summed E-state index contributed by atoms with van der Waals surface area (Å²) in [6.45, 7) is 1.74. The molecule has 0 unspecified atom stereocenters. The number of carbonyl (C=O) groups excluding carboxylic acids is 1. The largest absolute Gasteiger partial charge is 0.338 e. The van der Waals surface area contributed by atoms with E-state index in [0.29, 0.717) is 5.92 Å². The molecule has 1 aliphatic heterocycles. The third kappa shape index (κ3) is 1.93. The molecule has 92 valence electrons. The molecule has 2 nitrogen and oxygen atoms in total. The van der Waals surface area contributed by atoms with E-state index in [-0.39, 0.29) is 5.91 Å². The van der Waals surface area contributed by atoms with Crippen molar-refractivity contribution in [3.8, 4) is 0 Å². The number of carbonyl (C=O) groups is 1. The summed E-state index contributed by atoms with van der Waals surface area (Å²) in [5, 5.41) is 3.15. The van der Waals surface area contributed by atoms with Crippen LogP contribution < -0.4 is 0 Å². The summed E-state index contributed by atoms with van der Waals surface area (Å²) in [6.07, 6.45) is 0. The van der Waals surface area contributed by atoms with E-state index in [4.69, 9.17) is 0 Å². The number of fused-ring (bicyclic) bond motifs is 1. The highest BCUT2D eigenvalue weighted by Gasteiger charge is 2.30. The molecule has 1 aliphatic rings. The van der Waals surface area contributed by atoms with E-state index in [0.717, 1.165) is 34.8 Å². The van der Waals surface area contributed by atoms with Crippen molar-refractivity contribution in [2.75, 3.05) is 18.4 Å². The van der Waals surface area contributed by atoms with Crippen molar-refractivity contribution in [3.05, 3.63) is 48.0 Å². The van der Waals surface area contributed by atoms with Crippen molar-refractivity contribution in [2.45, 2.75) is 0 Å². The van der Waals surface area contributed by atoms with Gasteiger partial charge in [0.15, 0.2) is 0 Å². The summed E-state index contributed by atoms with van der Waals surface area (Å²) in [5.41, 5.74) is 0.820. The first-order valence-corrected chi connectivity index (χ1v) is 7.25. The van der Waals surface area contributed by atoms with Gasteiger partial charge in [0, 0.05) is 29.9 Å². The van der Waals surface area contributed by atoms with Gasteiger partial charge in [-0.1, -0.05) is 52.3 Å². The van der Waals surface area contributed by atoms with E-state index in [2.05, 4.69) is 15.9 Å². The number of hydrogen-bond acceptors (Lipinski definition) is 1. The maximum Gasteiger partial charge on any atom is 0.254 e. The average molecular weight is 304 g/mol. The molecule has 0 atom stereocenters. The molecule has 0 saturated carbocycles. The SMILES string of the molecule is O=C(c1cccc2ccccc12)N1CC(CBr)C1. The Hall–Kier alpha value is -1.35. The van der Waals surface area contributed by atoms with E-state index < -0.39 is 0 Å². The summed E-state index contributed by atoms with van der Waals surface area (Å²) >= 11 is 3.46. The maximum absolute atomic E-state index is 12.4. The van der Waals surface area contributed by atoms with Crippen molar-refractivity contribution in [3.63, 3.8) is 0 Å². The Kier molecular flexibility index (Phi) is 3.08. The van der Waals surface area contributed by atoms with Crippen LogP contribution in [0.1, 0.15) is 10.4 Å². The third-order valence-corrected chi connectivity index (χ3v) is 4.40. The number of alkyl halides is 1. The van der Waals surface area contributed by atoms with Crippen LogP contribution in [-0.4, -0.2) is 29.2 Å². The van der Waals surface area contributed by atoms with Crippen LogP contribution in [0.5, 0.6) is 0 Å². The van der Waals surface area contributed by atoms with Gasteiger partial charge in [0.2, 0.25) is 0 Å². The number of hydrogen-bond donors (Lipinski definition) is 0. The minimum Gasteiger partial charge on any atom is -0.338 e. The molecule has 0 aromatic heterocycles. The molecular weight excluding hydrogens is 290 g/mol. The molecule has 0 radical (unpaired) electrons. The second kappa shape index (κ2) is 4.73. The third-order valence-electron chi connectivity index (χ3n) is 3.48. The van der Waals surface area contributed by atoms with E-state index in [9.17, 15) is 4.79 Å². The Morgan fingerprint density at radius 2 is 1.89 bits per heavy atom. The van der Waals surface area contributed by atoms with E-state index in [1.807, 2.05) is 47.4 Å². The lowest BCUT2D eigenvalue weighted by atomic mass is 9.98. The first-order valence-electron chi connectivity index (χ1n) is 6.12. The lowest BCUT2D eigenvalue weighted by Crippen LogP contribution is -2.50. The Bertz CT molecular complexity index is 585. The predicted octanol–water partition coefficient (Wildman–Crippen LogP) is 3.31. The van der Waals surface area contributed by atoms with Gasteiger partial charge in [-0.15, -0.1) is 0 Å². The monoisotopic (exact) mass is 303 g/mol. The fourth-order valence-electron chi connectivity index (χ4n) is 2.42. The number of benzene rings is 2. The van der Waals surface area contributed by atoms with E-state index >= 15 is 0 Å². The van der Waals surface area contributed by atoms with Gasteiger partial charge in [0.05, 0.1) is 0 Å². The van der Waals surface area contributed by atoms with Crippen molar-refractivity contribution in [1.82, 2.24) is 4.90 Å². The summed E-state index contributed by atoms with van der Waals surface area (Å²) < 4.78 is 0. The molecule has 18 heavy (non-hydrogen) atoms. The number of rotatable bonds is 2. The van der Waals surface area contributed by atoms with Crippen molar-refractivity contribution in [2.24, 2.45) is 5.92 Å². The number of likely N-dealkylation sites (tertiary alicyclic amines) is 1. The van der Waals surface area contributed by atoms with Gasteiger partial charge in [-0.2, -0.15) is 0 Å². The molecule has 3 rings (SSSR count). The molecule has 0 spiro atoms. The summed E-state index contributed by atoms with van der Waals surface area (Å²) in [5.74, 6) is 0.771. The lowest BCUT2D eigenvalue weighted by Gasteiger charge is -2.38. The fraction of sp³-hybridized carbons (Fsp3) is 0.267. The van der Waals surface area contributed by atoms with Crippen molar-refractivity contribution >= 4 is 32.6 Å². The van der Waals surface area contributed by atoms with Crippen molar-refractivity contribution < 1.29 is 4.79 Å². The second-order valence-electron chi connectivity index (χ2n) is 4.76. The molecule has 2 aromatic rings. The van der Waals surface area contributed by atoms with Crippen LogP contribution >= 0.6 is 15.9 Å². The predicted molar refractivity (Wildman–Crippen MR) is 77.1 cm³/mol. The first kappa shape index (κ1) is 11.7. The second-order valence-corrected chi connectivity index (χ2v) is 5.40. The van der Waals surface area contributed by atoms with Gasteiger partial charge in [0.25, 0.3) is 5.91 Å². The fourth-order valence-corrected chi connectivity index (χ4v) is 2.83. The zero-order valence-corrected chi connectivity index (χ0v) is 11.6. The zero-order valence-electron chi connectivity index (χ0n) is 9.97. The Balaban J connectivity index is 1.93. The summed E-state index contributed by atoms with van der Waals surface area (Å²) in [7, 11) is 0. The highest BCUT2D eigenvalue weighted by molar-refractivity contribution is 9.09. The van der Waals surface area contributed by atoms with Gasteiger partial charge >= 0.3 is 0 Å². The summed E-state index contributed by atoms with van der Waals surface area (Å²) in [4.78, 5) is 14.3. The van der Waals surface area contributed by atoms with Crippen LogP contribution in [0.25, 0.3) is 10.8 Å². The Morgan fingerprint density at radius 1 is 1.17 bits per heavy atom. The van der Waals surface area contributed by atoms with Crippen LogP contribution in [0.15, 0.2) is 42.5 Å². The number of halogens is 1. The molecule has 1 fully saturated rings. The van der Waals surface area contributed by atoms with Crippen LogP contribution in [0, 0.1) is 5.92 Å². The standard InChI is InChI=1S/C15H14BrNO/c16-8-11-9-17(10-11)15(18)14-7-3-5-12-4-1-2-6-13(12)14/h1-7,11H,8-10H2. The van der Waals surface area contributed by atoms with Gasteiger partial charge in [-0.3, -0.25) is 4.79 Å². The zero-order chi connectivity index (χ0) is 12.5. The highest BCUT2D eigenvalue weighted by atomic mass is 79.9. The summed E-state index contributed by atoms with van der Waals surface area (Å²) in [6, 6.07) is 14.0. The minimum absolute atomic E-state index is 0.156. The highest BCUT2D eigenvalue weighted by Crippen LogP contribution is 2.24. The van der Waals surface area contributed by atoms with Gasteiger partial charge in [-0.05, 0) is 16.8 Å². The quantitative estimate of drug-likeness (QED) is 0.780. The molecule has 1 amide bonds. The van der Waals surface area contributed by atoms with Crippen LogP contribution in [-0.2, 0) is 0 Å². The smallest absolute Gasteiger partial charge is 0.254 e. The van der Waals surface area contributed by atoms with Gasteiger partial charge in [0.1, 0.15) is 0 Å². The molecule has 1 saturated heterocycles. The first-order chi connectivity index (χ1) is 8.79. The van der Waals surface area contributed by atoms with E-state index in [1.54, 1.807) is 0 Å². The lowest BCUT2D eigenvalue weighted by molar-refractivity contribution is 0.0541. The molecule has 0 aliphatic carbocycles. The molecule has 2 aromatic carbocycles. The van der Waals surface area contributed by atoms with Crippen LogP contribution in [0.2, 0.25) is 0 Å². The minimum atomic E-state index is 0.156. The molecule has 0 bridgehead atoms. The average Bonchev–Trinajstić information content (AvgIpc) is 2.36. The Labute approximate surface area is 115 Å². The normalized spacial score (nSPS) is 15.7.